The highest BCUT2D eigenvalue weighted by Gasteiger charge is 2.51. The zero-order valence-corrected chi connectivity index (χ0v) is 24.3. The van der Waals surface area contributed by atoms with Crippen molar-refractivity contribution in [1.82, 2.24) is 0 Å². The lowest BCUT2D eigenvalue weighted by molar-refractivity contribution is -0.220. The number of ether oxygens (including phenoxy) is 1. The van der Waals surface area contributed by atoms with Crippen LogP contribution in [0.5, 0.6) is 0 Å². The number of carbonyl (C=O) groups excluding carboxylic acids is 1. The molecule has 0 radical (unpaired) electrons. The quantitative estimate of drug-likeness (QED) is 0.0440. The van der Waals surface area contributed by atoms with E-state index in [9.17, 15) is 44.9 Å². The predicted molar refractivity (Wildman–Crippen MR) is 147 cm³/mol. The minimum Gasteiger partial charge on any atom is -0.463 e. The molecule has 1 saturated carbocycles. The number of aliphatic hydroxyl groups is 6. The van der Waals surface area contributed by atoms with Gasteiger partial charge < -0.3 is 40.3 Å². The first-order chi connectivity index (χ1) is 19.0. The minimum atomic E-state index is -4.99. The average molecular weight is 597 g/mol. The van der Waals surface area contributed by atoms with Gasteiger partial charge in [0.2, 0.25) is 0 Å². The third-order valence-corrected chi connectivity index (χ3v) is 7.51. The normalized spacial score (nSPS) is 27.7. The Bertz CT molecular complexity index is 775. The number of hydrogen-bond donors (Lipinski definition) is 7. The molecule has 1 aliphatic rings. The Labute approximate surface area is 236 Å². The number of aliphatic hydroxyl groups excluding tert-OH is 6. The molecule has 13 heteroatoms. The number of hydrogen-bond acceptors (Lipinski definition) is 11. The first-order valence-corrected chi connectivity index (χ1v) is 15.7. The summed E-state index contributed by atoms with van der Waals surface area (Å²) in [6.07, 6.45) is 7.40. The van der Waals surface area contributed by atoms with E-state index < -0.39 is 69.7 Å². The van der Waals surface area contributed by atoms with Crippen LogP contribution in [0.1, 0.15) is 84.0 Å². The molecule has 1 rings (SSSR count). The van der Waals surface area contributed by atoms with Crippen molar-refractivity contribution in [3.05, 3.63) is 24.3 Å². The molecule has 234 valence electrons. The Morgan fingerprint density at radius 1 is 0.775 bits per heavy atom. The Morgan fingerprint density at radius 3 is 1.90 bits per heavy atom. The van der Waals surface area contributed by atoms with Gasteiger partial charge in [0.05, 0.1) is 6.61 Å². The molecular formula is C27H49O12P. The second-order valence-electron chi connectivity index (χ2n) is 10.1. The van der Waals surface area contributed by atoms with E-state index in [1.807, 2.05) is 0 Å². The summed E-state index contributed by atoms with van der Waals surface area (Å²) < 4.78 is 26.3. The number of unbranched alkanes of at least 4 members (excludes halogenated alkanes) is 8. The number of carbonyl (C=O) groups is 1. The molecule has 0 heterocycles. The smallest absolute Gasteiger partial charge is 0.463 e. The predicted octanol–water partition coefficient (Wildman–Crippen LogP) is 2.02. The zero-order valence-electron chi connectivity index (χ0n) is 23.4. The van der Waals surface area contributed by atoms with Crippen molar-refractivity contribution < 1.29 is 58.7 Å². The average Bonchev–Trinajstić information content (AvgIpc) is 2.93. The number of phosphoric acid groups is 1. The molecule has 1 unspecified atom stereocenters. The number of esters is 1. The highest BCUT2D eigenvalue weighted by molar-refractivity contribution is 7.47. The fourth-order valence-electron chi connectivity index (χ4n) is 4.08. The summed E-state index contributed by atoms with van der Waals surface area (Å²) in [7, 11) is -4.99. The summed E-state index contributed by atoms with van der Waals surface area (Å²) >= 11 is 0. The molecule has 0 aromatic heterocycles. The van der Waals surface area contributed by atoms with Crippen molar-refractivity contribution in [2.75, 3.05) is 13.2 Å². The van der Waals surface area contributed by atoms with Crippen LogP contribution in [-0.2, 0) is 23.1 Å². The second kappa shape index (κ2) is 20.7. The van der Waals surface area contributed by atoms with Gasteiger partial charge in [-0.3, -0.25) is 13.8 Å². The second-order valence-corrected chi connectivity index (χ2v) is 11.5. The zero-order chi connectivity index (χ0) is 30.0. The maximum absolute atomic E-state index is 12.1. The van der Waals surface area contributed by atoms with Gasteiger partial charge in [-0.2, -0.15) is 0 Å². The molecule has 0 aromatic carbocycles. The Morgan fingerprint density at radius 2 is 1.30 bits per heavy atom. The molecule has 12 nitrogen and oxygen atoms in total. The summed E-state index contributed by atoms with van der Waals surface area (Å²) in [5, 5.41) is 58.5. The van der Waals surface area contributed by atoms with Gasteiger partial charge in [-0.05, 0) is 38.5 Å². The Kier molecular flexibility index (Phi) is 19.0. The standard InChI is InChI=1S/C27H49O12P/c1-2-3-4-5-6-7-8-9-10-11-12-13-14-15-16-17-21(29)37-18-20(28)19-38-40(35,36)39-27-25(33)23(31)22(30)24(32)26(27)34/h6-7,9-10,20,22-28,30-34H,2-5,8,11-19H2,1H3,(H,35,36)/b7-6-,10-9-/t20-,22?,23+,24+,25+,26+,27?/m1/s1. The molecule has 0 aromatic rings. The van der Waals surface area contributed by atoms with E-state index in [1.54, 1.807) is 0 Å². The number of allylic oxidation sites excluding steroid dienone is 4. The van der Waals surface area contributed by atoms with Crippen LogP contribution in [0.3, 0.4) is 0 Å². The van der Waals surface area contributed by atoms with Crippen molar-refractivity contribution in [1.29, 1.82) is 0 Å². The molecule has 40 heavy (non-hydrogen) atoms. The van der Waals surface area contributed by atoms with Gasteiger partial charge in [-0.15, -0.1) is 0 Å². The molecule has 6 atom stereocenters. The van der Waals surface area contributed by atoms with Gasteiger partial charge in [0.15, 0.2) is 0 Å². The third kappa shape index (κ3) is 15.2. The highest BCUT2D eigenvalue weighted by Crippen LogP contribution is 2.47. The third-order valence-electron chi connectivity index (χ3n) is 6.53. The minimum absolute atomic E-state index is 0.174. The monoisotopic (exact) mass is 596 g/mol. The van der Waals surface area contributed by atoms with E-state index >= 15 is 0 Å². The van der Waals surface area contributed by atoms with Crippen molar-refractivity contribution in [3.8, 4) is 0 Å². The summed E-state index contributed by atoms with van der Waals surface area (Å²) in [6, 6.07) is 0. The first kappa shape index (κ1) is 36.8. The SMILES string of the molecule is CCCCC/C=C\C/C=C\CCCCCCCC(=O)OC[C@@H](O)COP(=O)(O)OC1[C@@H](O)[C@@H](O)C(O)[C@H](O)[C@@H]1O. The summed E-state index contributed by atoms with van der Waals surface area (Å²) in [6.45, 7) is 0.932. The Balaban J connectivity index is 2.11. The van der Waals surface area contributed by atoms with E-state index in [0.717, 1.165) is 44.9 Å². The summed E-state index contributed by atoms with van der Waals surface area (Å²) in [5.74, 6) is -0.525. The molecule has 0 aliphatic heterocycles. The Hall–Kier alpha value is -1.18. The lowest BCUT2D eigenvalue weighted by atomic mass is 9.85. The van der Waals surface area contributed by atoms with Crippen LogP contribution >= 0.6 is 7.82 Å². The maximum Gasteiger partial charge on any atom is 0.472 e. The molecular weight excluding hydrogens is 547 g/mol. The maximum atomic E-state index is 12.1. The van der Waals surface area contributed by atoms with Crippen molar-refractivity contribution in [3.63, 3.8) is 0 Å². The topological polar surface area (TPSA) is 203 Å². The van der Waals surface area contributed by atoms with Gasteiger partial charge in [-0.1, -0.05) is 63.3 Å². The lowest BCUT2D eigenvalue weighted by Gasteiger charge is -2.41. The number of rotatable bonds is 21. The van der Waals surface area contributed by atoms with Gasteiger partial charge in [0, 0.05) is 6.42 Å². The fourth-order valence-corrected chi connectivity index (χ4v) is 5.05. The van der Waals surface area contributed by atoms with Crippen LogP contribution in [0.4, 0.5) is 0 Å². The van der Waals surface area contributed by atoms with Crippen LogP contribution in [0.2, 0.25) is 0 Å². The molecule has 0 bridgehead atoms. The van der Waals surface area contributed by atoms with E-state index in [-0.39, 0.29) is 6.42 Å². The van der Waals surface area contributed by atoms with Crippen LogP contribution < -0.4 is 0 Å². The molecule has 1 aliphatic carbocycles. The van der Waals surface area contributed by atoms with Crippen molar-refractivity contribution in [2.24, 2.45) is 0 Å². The number of phosphoric ester groups is 1. The lowest BCUT2D eigenvalue weighted by Crippen LogP contribution is -2.64. The van der Waals surface area contributed by atoms with Gasteiger partial charge in [-0.25, -0.2) is 4.57 Å². The molecule has 0 saturated heterocycles. The summed E-state index contributed by atoms with van der Waals surface area (Å²) in [5.41, 5.74) is 0. The van der Waals surface area contributed by atoms with Crippen LogP contribution in [0.15, 0.2) is 24.3 Å². The van der Waals surface area contributed by atoms with Crippen LogP contribution in [0.25, 0.3) is 0 Å². The van der Waals surface area contributed by atoms with Crippen LogP contribution in [-0.4, -0.2) is 97.4 Å². The van der Waals surface area contributed by atoms with Gasteiger partial charge >= 0.3 is 13.8 Å². The van der Waals surface area contributed by atoms with Gasteiger partial charge in [0.1, 0.15) is 49.3 Å². The van der Waals surface area contributed by atoms with E-state index in [2.05, 4.69) is 40.3 Å². The fraction of sp³-hybridized carbons (Fsp3) is 0.815. The van der Waals surface area contributed by atoms with Gasteiger partial charge in [0.25, 0.3) is 0 Å². The largest absolute Gasteiger partial charge is 0.472 e. The van der Waals surface area contributed by atoms with Crippen molar-refractivity contribution >= 4 is 13.8 Å². The van der Waals surface area contributed by atoms with E-state index in [1.165, 1.54) is 19.3 Å². The van der Waals surface area contributed by atoms with Crippen LogP contribution in [0, 0.1) is 0 Å². The molecule has 7 N–H and O–H groups in total. The van der Waals surface area contributed by atoms with E-state index in [4.69, 9.17) is 4.74 Å². The summed E-state index contributed by atoms with van der Waals surface area (Å²) in [4.78, 5) is 21.7. The van der Waals surface area contributed by atoms with Crippen molar-refractivity contribution in [2.45, 2.75) is 127 Å². The molecule has 0 amide bonds. The molecule has 1 fully saturated rings. The highest BCUT2D eigenvalue weighted by atomic mass is 31.2. The first-order valence-electron chi connectivity index (χ1n) is 14.2. The van der Waals surface area contributed by atoms with E-state index in [0.29, 0.717) is 6.42 Å². The molecule has 0 spiro atoms.